The summed E-state index contributed by atoms with van der Waals surface area (Å²) in [6.45, 7) is 6.20. The highest BCUT2D eigenvalue weighted by Crippen LogP contribution is 2.22. The van der Waals surface area contributed by atoms with Gasteiger partial charge in [-0.2, -0.15) is 0 Å². The molecule has 3 nitrogen and oxygen atoms in total. The van der Waals surface area contributed by atoms with Crippen molar-refractivity contribution in [3.8, 4) is 11.3 Å². The van der Waals surface area contributed by atoms with Gasteiger partial charge in [-0.05, 0) is 38.0 Å². The van der Waals surface area contributed by atoms with Crippen molar-refractivity contribution < 1.29 is 0 Å². The Hall–Kier alpha value is -2.29. The molecule has 1 N–H and O–H groups in total. The van der Waals surface area contributed by atoms with E-state index in [2.05, 4.69) is 42.0 Å². The third kappa shape index (κ3) is 3.67. The standard InChI is InChI=1S/C19H23N3/c1-5-16(20)11-19(21-4)15-7-9-18(22-12-15)17-8-6-13(2)10-14(17)3/h6-10,12,20H,5,11H2,1-4H3. The third-order valence-corrected chi connectivity index (χ3v) is 3.83. The van der Waals surface area contributed by atoms with Crippen LogP contribution in [0.5, 0.6) is 0 Å². The maximum atomic E-state index is 7.84. The third-order valence-electron chi connectivity index (χ3n) is 3.83. The number of hydrogen-bond acceptors (Lipinski definition) is 3. The molecule has 0 radical (unpaired) electrons. The van der Waals surface area contributed by atoms with E-state index in [1.807, 2.05) is 25.3 Å². The maximum absolute atomic E-state index is 7.84. The molecule has 0 spiro atoms. The predicted octanol–water partition coefficient (Wildman–Crippen LogP) is 4.60. The lowest BCUT2D eigenvalue weighted by atomic mass is 10.0. The van der Waals surface area contributed by atoms with Crippen molar-refractivity contribution in [2.75, 3.05) is 7.05 Å². The van der Waals surface area contributed by atoms with Crippen LogP contribution >= 0.6 is 0 Å². The van der Waals surface area contributed by atoms with E-state index in [0.29, 0.717) is 12.1 Å². The smallest absolute Gasteiger partial charge is 0.0705 e. The maximum Gasteiger partial charge on any atom is 0.0705 e. The fourth-order valence-electron chi connectivity index (χ4n) is 2.46. The number of hydrogen-bond donors (Lipinski definition) is 1. The van der Waals surface area contributed by atoms with Crippen molar-refractivity contribution in [3.63, 3.8) is 0 Å². The molecule has 2 rings (SSSR count). The Kier molecular flexibility index (Phi) is 5.21. The Morgan fingerprint density at radius 1 is 1.18 bits per heavy atom. The number of nitrogens with one attached hydrogen (secondary N) is 1. The Labute approximate surface area is 132 Å². The summed E-state index contributed by atoms with van der Waals surface area (Å²) < 4.78 is 0. The van der Waals surface area contributed by atoms with E-state index in [9.17, 15) is 0 Å². The molecule has 0 bridgehead atoms. The molecule has 0 saturated heterocycles. The molecule has 22 heavy (non-hydrogen) atoms. The number of pyridine rings is 1. The van der Waals surface area contributed by atoms with E-state index in [1.165, 1.54) is 11.1 Å². The van der Waals surface area contributed by atoms with E-state index in [-0.39, 0.29) is 0 Å². The van der Waals surface area contributed by atoms with Crippen molar-refractivity contribution in [1.82, 2.24) is 4.98 Å². The number of rotatable bonds is 5. The molecule has 114 valence electrons. The van der Waals surface area contributed by atoms with Gasteiger partial charge in [0.1, 0.15) is 0 Å². The van der Waals surface area contributed by atoms with Crippen LogP contribution in [0.3, 0.4) is 0 Å². The van der Waals surface area contributed by atoms with Crippen LogP contribution in [0.4, 0.5) is 0 Å². The van der Waals surface area contributed by atoms with Gasteiger partial charge < -0.3 is 5.41 Å². The molecule has 1 aromatic heterocycles. The first-order valence-corrected chi connectivity index (χ1v) is 7.61. The monoisotopic (exact) mass is 293 g/mol. The van der Waals surface area contributed by atoms with Gasteiger partial charge in [-0.1, -0.05) is 30.7 Å². The first-order chi connectivity index (χ1) is 10.5. The SMILES string of the molecule is CCC(=N)CC(=NC)c1ccc(-c2ccc(C)cc2C)nc1. The van der Waals surface area contributed by atoms with E-state index < -0.39 is 0 Å². The molecule has 3 heteroatoms. The second kappa shape index (κ2) is 7.12. The second-order valence-electron chi connectivity index (χ2n) is 5.55. The topological polar surface area (TPSA) is 49.1 Å². The van der Waals surface area contributed by atoms with Crippen LogP contribution in [0, 0.1) is 19.3 Å². The molecule has 0 amide bonds. The molecule has 1 aromatic carbocycles. The highest BCUT2D eigenvalue weighted by Gasteiger charge is 2.08. The van der Waals surface area contributed by atoms with Gasteiger partial charge in [-0.15, -0.1) is 0 Å². The Balaban J connectivity index is 2.28. The first kappa shape index (κ1) is 16.1. The van der Waals surface area contributed by atoms with Crippen LogP contribution in [-0.2, 0) is 0 Å². The summed E-state index contributed by atoms with van der Waals surface area (Å²) in [7, 11) is 1.77. The van der Waals surface area contributed by atoms with Gasteiger partial charge in [-0.3, -0.25) is 9.98 Å². The molecule has 0 fully saturated rings. The van der Waals surface area contributed by atoms with E-state index in [1.54, 1.807) is 7.05 Å². The lowest BCUT2D eigenvalue weighted by Crippen LogP contribution is -2.08. The van der Waals surface area contributed by atoms with Crippen molar-refractivity contribution in [1.29, 1.82) is 5.41 Å². The van der Waals surface area contributed by atoms with E-state index >= 15 is 0 Å². The quantitative estimate of drug-likeness (QED) is 0.804. The number of nitrogens with zero attached hydrogens (tertiary/aromatic N) is 2. The summed E-state index contributed by atoms with van der Waals surface area (Å²) in [5, 5.41) is 7.84. The lowest BCUT2D eigenvalue weighted by molar-refractivity contribution is 1.19. The van der Waals surface area contributed by atoms with Gasteiger partial charge in [0, 0.05) is 42.2 Å². The van der Waals surface area contributed by atoms with Gasteiger partial charge in [-0.25, -0.2) is 0 Å². The Morgan fingerprint density at radius 3 is 2.50 bits per heavy atom. The zero-order valence-electron chi connectivity index (χ0n) is 13.8. The molecule has 0 aliphatic carbocycles. The summed E-state index contributed by atoms with van der Waals surface area (Å²) in [5.41, 5.74) is 7.24. The second-order valence-corrected chi connectivity index (χ2v) is 5.55. The van der Waals surface area contributed by atoms with Crippen LogP contribution in [0.1, 0.15) is 36.5 Å². The van der Waals surface area contributed by atoms with Crippen molar-refractivity contribution in [2.24, 2.45) is 4.99 Å². The largest absolute Gasteiger partial charge is 0.309 e. The molecule has 0 saturated carbocycles. The number of aromatic nitrogens is 1. The van der Waals surface area contributed by atoms with Gasteiger partial charge in [0.05, 0.1) is 5.69 Å². The average Bonchev–Trinajstić information content (AvgIpc) is 2.52. The molecular formula is C19H23N3. The lowest BCUT2D eigenvalue weighted by Gasteiger charge is -2.09. The summed E-state index contributed by atoms with van der Waals surface area (Å²) in [6.07, 6.45) is 3.21. The van der Waals surface area contributed by atoms with E-state index in [0.717, 1.165) is 29.0 Å². The molecule has 0 aliphatic rings. The van der Waals surface area contributed by atoms with Crippen molar-refractivity contribution in [3.05, 3.63) is 53.2 Å². The zero-order valence-corrected chi connectivity index (χ0v) is 13.8. The Morgan fingerprint density at radius 2 is 1.95 bits per heavy atom. The van der Waals surface area contributed by atoms with E-state index in [4.69, 9.17) is 5.41 Å². The number of benzene rings is 1. The summed E-state index contributed by atoms with van der Waals surface area (Å²) in [4.78, 5) is 8.90. The molecule has 0 aliphatic heterocycles. The zero-order chi connectivity index (χ0) is 16.1. The summed E-state index contributed by atoms with van der Waals surface area (Å²) in [5.74, 6) is 0. The van der Waals surface area contributed by atoms with Crippen LogP contribution in [-0.4, -0.2) is 23.5 Å². The van der Waals surface area contributed by atoms with Gasteiger partial charge in [0.15, 0.2) is 0 Å². The molecule has 2 aromatic rings. The van der Waals surface area contributed by atoms with Gasteiger partial charge in [0.25, 0.3) is 0 Å². The molecular weight excluding hydrogens is 270 g/mol. The van der Waals surface area contributed by atoms with Gasteiger partial charge >= 0.3 is 0 Å². The highest BCUT2D eigenvalue weighted by molar-refractivity contribution is 6.11. The minimum atomic E-state index is 0.595. The van der Waals surface area contributed by atoms with Crippen LogP contribution in [0.25, 0.3) is 11.3 Å². The van der Waals surface area contributed by atoms with Crippen LogP contribution < -0.4 is 0 Å². The normalized spacial score (nSPS) is 11.5. The molecule has 0 unspecified atom stereocenters. The molecule has 0 atom stereocenters. The molecule has 1 heterocycles. The minimum Gasteiger partial charge on any atom is -0.309 e. The summed E-state index contributed by atoms with van der Waals surface area (Å²) in [6, 6.07) is 10.5. The predicted molar refractivity (Wildman–Crippen MR) is 94.2 cm³/mol. The highest BCUT2D eigenvalue weighted by atomic mass is 14.7. The average molecular weight is 293 g/mol. The fourth-order valence-corrected chi connectivity index (χ4v) is 2.46. The van der Waals surface area contributed by atoms with Crippen molar-refractivity contribution in [2.45, 2.75) is 33.6 Å². The number of aliphatic imine (C=N–C) groups is 1. The van der Waals surface area contributed by atoms with Crippen LogP contribution in [0.15, 0.2) is 41.5 Å². The number of aryl methyl sites for hydroxylation is 2. The summed E-state index contributed by atoms with van der Waals surface area (Å²) >= 11 is 0. The Bertz CT molecular complexity index is 697. The van der Waals surface area contributed by atoms with Crippen molar-refractivity contribution >= 4 is 11.4 Å². The first-order valence-electron chi connectivity index (χ1n) is 7.61. The minimum absolute atomic E-state index is 0.595. The fraction of sp³-hybridized carbons (Fsp3) is 0.316. The van der Waals surface area contributed by atoms with Gasteiger partial charge in [0.2, 0.25) is 0 Å². The van der Waals surface area contributed by atoms with Crippen LogP contribution in [0.2, 0.25) is 0 Å².